The topological polar surface area (TPSA) is 75.9 Å². The van der Waals surface area contributed by atoms with Crippen molar-refractivity contribution in [2.45, 2.75) is 31.8 Å². The van der Waals surface area contributed by atoms with Crippen LogP contribution in [0.5, 0.6) is 0 Å². The number of hydrogen-bond donors (Lipinski definition) is 1. The van der Waals surface area contributed by atoms with Crippen LogP contribution in [-0.2, 0) is 4.79 Å². The Morgan fingerprint density at radius 3 is 2.91 bits per heavy atom. The van der Waals surface area contributed by atoms with Crippen molar-refractivity contribution in [2.24, 2.45) is 0 Å². The molecule has 0 spiro atoms. The van der Waals surface area contributed by atoms with E-state index in [0.29, 0.717) is 12.6 Å². The third-order valence-corrected chi connectivity index (χ3v) is 4.41. The van der Waals surface area contributed by atoms with Gasteiger partial charge in [0.1, 0.15) is 6.33 Å². The molecule has 122 valence electrons. The summed E-state index contributed by atoms with van der Waals surface area (Å²) in [7, 11) is 0. The summed E-state index contributed by atoms with van der Waals surface area (Å²) in [5.74, 6) is -0.0774. The van der Waals surface area contributed by atoms with Crippen LogP contribution in [0.4, 0.5) is 0 Å². The Kier molecular flexibility index (Phi) is 4.97. The molecule has 0 bridgehead atoms. The van der Waals surface area contributed by atoms with Gasteiger partial charge in [0.15, 0.2) is 6.04 Å². The molecule has 0 saturated carbocycles. The number of carbonyl (C=O) groups is 1. The third kappa shape index (κ3) is 3.56. The quantitative estimate of drug-likeness (QED) is 0.856. The molecule has 0 aliphatic carbocycles. The van der Waals surface area contributed by atoms with Gasteiger partial charge in [-0.05, 0) is 41.9 Å². The van der Waals surface area contributed by atoms with Crippen molar-refractivity contribution in [3.63, 3.8) is 0 Å². The molecule has 0 unspecified atom stereocenters. The number of benzene rings is 1. The first kappa shape index (κ1) is 15.6. The van der Waals surface area contributed by atoms with Crippen LogP contribution in [0.15, 0.2) is 36.7 Å². The van der Waals surface area contributed by atoms with Crippen LogP contribution in [0.3, 0.4) is 0 Å². The van der Waals surface area contributed by atoms with Crippen molar-refractivity contribution in [3.8, 4) is 0 Å². The molecule has 1 aromatic heterocycles. The van der Waals surface area contributed by atoms with Gasteiger partial charge < -0.3 is 5.32 Å². The Morgan fingerprint density at radius 2 is 2.22 bits per heavy atom. The molecule has 2 aromatic rings. The second-order valence-electron chi connectivity index (χ2n) is 5.77. The number of carbonyl (C=O) groups excluding carboxylic acids is 1. The van der Waals surface area contributed by atoms with E-state index in [9.17, 15) is 4.79 Å². The maximum absolute atomic E-state index is 12.7. The van der Waals surface area contributed by atoms with E-state index in [-0.39, 0.29) is 5.91 Å². The summed E-state index contributed by atoms with van der Waals surface area (Å²) in [5.41, 5.74) is 0.871. The second kappa shape index (κ2) is 7.32. The van der Waals surface area contributed by atoms with Crippen molar-refractivity contribution in [1.82, 2.24) is 30.4 Å². The molecule has 1 aliphatic rings. The summed E-state index contributed by atoms with van der Waals surface area (Å²) in [6.45, 7) is 4.97. The lowest BCUT2D eigenvalue weighted by atomic mass is 10.1. The van der Waals surface area contributed by atoms with Crippen LogP contribution < -0.4 is 5.32 Å². The van der Waals surface area contributed by atoms with E-state index in [1.807, 2.05) is 30.3 Å². The standard InChI is InChI=1S/C16H22N6O/c1-2-21-10-6-9-14(21)11-17-16(23)15(22-12-18-19-20-22)13-7-4-3-5-8-13/h3-5,7-8,12,14-15H,2,6,9-11H2,1H3,(H,17,23)/t14-,15+/m1/s1. The summed E-state index contributed by atoms with van der Waals surface area (Å²) >= 11 is 0. The fourth-order valence-electron chi connectivity index (χ4n) is 3.20. The van der Waals surface area contributed by atoms with Crippen LogP contribution in [-0.4, -0.2) is 56.7 Å². The molecule has 2 atom stereocenters. The van der Waals surface area contributed by atoms with E-state index in [2.05, 4.69) is 32.7 Å². The van der Waals surface area contributed by atoms with Crippen LogP contribution in [0.2, 0.25) is 0 Å². The van der Waals surface area contributed by atoms with Crippen molar-refractivity contribution in [2.75, 3.05) is 19.6 Å². The first-order valence-electron chi connectivity index (χ1n) is 8.08. The molecule has 7 heteroatoms. The van der Waals surface area contributed by atoms with E-state index >= 15 is 0 Å². The van der Waals surface area contributed by atoms with Gasteiger partial charge in [0, 0.05) is 12.6 Å². The van der Waals surface area contributed by atoms with Crippen LogP contribution in [0, 0.1) is 0 Å². The van der Waals surface area contributed by atoms with E-state index in [0.717, 1.165) is 25.1 Å². The highest BCUT2D eigenvalue weighted by atomic mass is 16.2. The maximum Gasteiger partial charge on any atom is 0.249 e. The third-order valence-electron chi connectivity index (χ3n) is 4.41. The molecule has 1 aliphatic heterocycles. The van der Waals surface area contributed by atoms with Gasteiger partial charge in [-0.15, -0.1) is 5.10 Å². The first-order valence-corrected chi connectivity index (χ1v) is 8.08. The summed E-state index contributed by atoms with van der Waals surface area (Å²) < 4.78 is 1.50. The molecule has 1 saturated heterocycles. The number of nitrogens with zero attached hydrogens (tertiary/aromatic N) is 5. The average molecular weight is 314 g/mol. The number of rotatable bonds is 6. The van der Waals surface area contributed by atoms with E-state index < -0.39 is 6.04 Å². The Balaban J connectivity index is 1.71. The lowest BCUT2D eigenvalue weighted by Gasteiger charge is -2.24. The number of aromatic nitrogens is 4. The summed E-state index contributed by atoms with van der Waals surface area (Å²) in [4.78, 5) is 15.2. The van der Waals surface area contributed by atoms with E-state index in [4.69, 9.17) is 0 Å². The molecule has 0 radical (unpaired) electrons. The van der Waals surface area contributed by atoms with Crippen molar-refractivity contribution in [3.05, 3.63) is 42.2 Å². The number of nitrogens with one attached hydrogen (secondary N) is 1. The van der Waals surface area contributed by atoms with Crippen LogP contribution in [0.25, 0.3) is 0 Å². The van der Waals surface area contributed by atoms with Gasteiger partial charge in [-0.1, -0.05) is 37.3 Å². The lowest BCUT2D eigenvalue weighted by Crippen LogP contribution is -2.42. The molecule has 3 rings (SSSR count). The van der Waals surface area contributed by atoms with Gasteiger partial charge in [0.25, 0.3) is 0 Å². The van der Waals surface area contributed by atoms with Gasteiger partial charge in [-0.25, -0.2) is 4.68 Å². The minimum absolute atomic E-state index is 0.0774. The van der Waals surface area contributed by atoms with E-state index in [1.54, 1.807) is 0 Å². The summed E-state index contributed by atoms with van der Waals surface area (Å²) in [6.07, 6.45) is 3.81. The number of tetrazole rings is 1. The van der Waals surface area contributed by atoms with Gasteiger partial charge in [-0.2, -0.15) is 0 Å². The highest BCUT2D eigenvalue weighted by molar-refractivity contribution is 5.83. The van der Waals surface area contributed by atoms with E-state index in [1.165, 1.54) is 17.4 Å². The predicted molar refractivity (Wildman–Crippen MR) is 85.7 cm³/mol. The molecular weight excluding hydrogens is 292 g/mol. The highest BCUT2D eigenvalue weighted by Crippen LogP contribution is 2.18. The van der Waals surface area contributed by atoms with Gasteiger partial charge in [0.05, 0.1) is 0 Å². The fourth-order valence-corrected chi connectivity index (χ4v) is 3.20. The normalized spacial score (nSPS) is 19.6. The molecule has 1 fully saturated rings. The predicted octanol–water partition coefficient (Wildman–Crippen LogP) is 0.863. The van der Waals surface area contributed by atoms with Crippen molar-refractivity contribution in [1.29, 1.82) is 0 Å². The highest BCUT2D eigenvalue weighted by Gasteiger charge is 2.27. The number of amides is 1. The Hall–Kier alpha value is -2.28. The molecule has 1 amide bonds. The fraction of sp³-hybridized carbons (Fsp3) is 0.500. The zero-order chi connectivity index (χ0) is 16.1. The Bertz CT molecular complexity index is 615. The average Bonchev–Trinajstić information content (AvgIpc) is 3.25. The molecular formula is C16H22N6O. The SMILES string of the molecule is CCN1CCC[C@@H]1CNC(=O)[C@H](c1ccccc1)n1cnnn1. The molecule has 2 heterocycles. The largest absolute Gasteiger partial charge is 0.352 e. The van der Waals surface area contributed by atoms with Crippen LogP contribution in [0.1, 0.15) is 31.4 Å². The first-order chi connectivity index (χ1) is 11.3. The lowest BCUT2D eigenvalue weighted by molar-refractivity contribution is -0.123. The monoisotopic (exact) mass is 314 g/mol. The molecule has 7 nitrogen and oxygen atoms in total. The molecule has 1 N–H and O–H groups in total. The Morgan fingerprint density at radius 1 is 1.39 bits per heavy atom. The summed E-state index contributed by atoms with van der Waals surface area (Å²) in [5, 5.41) is 14.3. The van der Waals surface area contributed by atoms with Gasteiger partial charge in [-0.3, -0.25) is 9.69 Å². The van der Waals surface area contributed by atoms with Gasteiger partial charge in [0.2, 0.25) is 5.91 Å². The van der Waals surface area contributed by atoms with Crippen molar-refractivity contribution >= 4 is 5.91 Å². The molecule has 1 aromatic carbocycles. The second-order valence-corrected chi connectivity index (χ2v) is 5.77. The number of hydrogen-bond acceptors (Lipinski definition) is 5. The van der Waals surface area contributed by atoms with Crippen LogP contribution >= 0.6 is 0 Å². The number of likely N-dealkylation sites (tertiary alicyclic amines) is 1. The smallest absolute Gasteiger partial charge is 0.249 e. The zero-order valence-corrected chi connectivity index (χ0v) is 13.3. The minimum atomic E-state index is -0.539. The maximum atomic E-state index is 12.7. The van der Waals surface area contributed by atoms with Crippen molar-refractivity contribution < 1.29 is 4.79 Å². The zero-order valence-electron chi connectivity index (χ0n) is 13.3. The summed E-state index contributed by atoms with van der Waals surface area (Å²) in [6, 6.07) is 9.47. The van der Waals surface area contributed by atoms with Gasteiger partial charge >= 0.3 is 0 Å². The Labute approximate surface area is 135 Å². The minimum Gasteiger partial charge on any atom is -0.352 e. The number of likely N-dealkylation sites (N-methyl/N-ethyl adjacent to an activating group) is 1. The molecule has 23 heavy (non-hydrogen) atoms.